The first kappa shape index (κ1) is 20.4. The summed E-state index contributed by atoms with van der Waals surface area (Å²) in [5, 5.41) is 0. The Morgan fingerprint density at radius 1 is 0.958 bits per heavy atom. The van der Waals surface area contributed by atoms with Crippen LogP contribution in [0, 0.1) is 23.2 Å². The number of hydrogen-bond donors (Lipinski definition) is 0. The topological polar surface area (TPSA) is 18.5 Å². The molecule has 0 aromatic rings. The third kappa shape index (κ3) is 4.23. The average molecular weight is 383 g/mol. The molecule has 3 unspecified atom stereocenters. The highest BCUT2D eigenvalue weighted by Crippen LogP contribution is 2.61. The lowest BCUT2D eigenvalue weighted by Gasteiger charge is -2.45. The molecule has 0 aliphatic heterocycles. The lowest BCUT2D eigenvalue weighted by atomic mass is 9.69. The van der Waals surface area contributed by atoms with Crippen molar-refractivity contribution in [3.63, 3.8) is 0 Å². The molecule has 24 heavy (non-hydrogen) atoms. The Hall–Kier alpha value is 0.0506. The van der Waals surface area contributed by atoms with E-state index in [0.29, 0.717) is 5.41 Å². The molecule has 5 heteroatoms. The van der Waals surface area contributed by atoms with Crippen molar-refractivity contribution in [3.05, 3.63) is 24.6 Å². The van der Waals surface area contributed by atoms with E-state index in [1.54, 1.807) is 0 Å². The number of fused-ring (bicyclic) bond motifs is 2. The minimum absolute atomic E-state index is 0.434. The van der Waals surface area contributed by atoms with Crippen LogP contribution in [-0.2, 0) is 8.23 Å². The normalized spacial score (nSPS) is 29.7. The molecular formula is C19H38O2Si3. The minimum Gasteiger partial charge on any atom is -0.433 e. The SMILES string of the molecule is C=C[Si](C)(C)O[Si](C)(CC1C2CCC(C2)C1(C)C)O[Si](C)(C)C=C. The van der Waals surface area contributed by atoms with Crippen LogP contribution in [0.3, 0.4) is 0 Å². The summed E-state index contributed by atoms with van der Waals surface area (Å²) in [6.45, 7) is 24.3. The fourth-order valence-corrected chi connectivity index (χ4v) is 17.5. The molecule has 0 N–H and O–H groups in total. The van der Waals surface area contributed by atoms with E-state index >= 15 is 0 Å². The summed E-state index contributed by atoms with van der Waals surface area (Å²) < 4.78 is 13.6. The molecule has 0 heterocycles. The molecule has 2 aliphatic carbocycles. The third-order valence-corrected chi connectivity index (χ3v) is 17.4. The Bertz CT molecular complexity index is 477. The van der Waals surface area contributed by atoms with E-state index in [4.69, 9.17) is 8.23 Å². The Labute approximate surface area is 153 Å². The van der Waals surface area contributed by atoms with E-state index in [1.807, 2.05) is 0 Å². The van der Waals surface area contributed by atoms with E-state index in [2.05, 4.69) is 71.1 Å². The second-order valence-electron chi connectivity index (χ2n) is 9.86. The smallest absolute Gasteiger partial charge is 0.315 e. The van der Waals surface area contributed by atoms with Crippen LogP contribution < -0.4 is 0 Å². The van der Waals surface area contributed by atoms with Gasteiger partial charge in [-0.1, -0.05) is 25.2 Å². The summed E-state index contributed by atoms with van der Waals surface area (Å²) in [6.07, 6.45) is 4.26. The van der Waals surface area contributed by atoms with Gasteiger partial charge in [0, 0.05) is 0 Å². The van der Waals surface area contributed by atoms with Gasteiger partial charge in [0.2, 0.25) is 0 Å². The molecular weight excluding hydrogens is 344 g/mol. The van der Waals surface area contributed by atoms with E-state index < -0.39 is 25.2 Å². The highest BCUT2D eigenvalue weighted by Gasteiger charge is 2.56. The van der Waals surface area contributed by atoms with E-state index in [0.717, 1.165) is 23.8 Å². The highest BCUT2D eigenvalue weighted by molar-refractivity contribution is 6.91. The molecule has 138 valence electrons. The van der Waals surface area contributed by atoms with Gasteiger partial charge in [-0.3, -0.25) is 0 Å². The highest BCUT2D eigenvalue weighted by atomic mass is 28.5. The largest absolute Gasteiger partial charge is 0.433 e. The van der Waals surface area contributed by atoms with Gasteiger partial charge < -0.3 is 8.23 Å². The molecule has 2 aliphatic rings. The van der Waals surface area contributed by atoms with Gasteiger partial charge in [-0.2, -0.15) is 0 Å². The molecule has 0 radical (unpaired) electrons. The summed E-state index contributed by atoms with van der Waals surface area (Å²) in [4.78, 5) is 0. The summed E-state index contributed by atoms with van der Waals surface area (Å²) in [6, 6.07) is 1.13. The van der Waals surface area contributed by atoms with Gasteiger partial charge in [-0.15, -0.1) is 13.2 Å². The van der Waals surface area contributed by atoms with Crippen molar-refractivity contribution < 1.29 is 8.23 Å². The predicted molar refractivity (Wildman–Crippen MR) is 112 cm³/mol. The van der Waals surface area contributed by atoms with Crippen LogP contribution in [0.2, 0.25) is 38.8 Å². The van der Waals surface area contributed by atoms with Crippen LogP contribution in [0.4, 0.5) is 0 Å². The van der Waals surface area contributed by atoms with Crippen molar-refractivity contribution >= 4 is 25.2 Å². The Balaban J connectivity index is 2.25. The quantitative estimate of drug-likeness (QED) is 0.477. The second-order valence-corrected chi connectivity index (χ2v) is 21.4. The van der Waals surface area contributed by atoms with E-state index in [9.17, 15) is 0 Å². The molecule has 2 bridgehead atoms. The number of rotatable bonds is 8. The maximum Gasteiger partial charge on any atom is 0.315 e. The molecule has 2 nitrogen and oxygen atoms in total. The Morgan fingerprint density at radius 3 is 1.83 bits per heavy atom. The van der Waals surface area contributed by atoms with Gasteiger partial charge >= 0.3 is 8.56 Å². The molecule has 0 aromatic heterocycles. The van der Waals surface area contributed by atoms with Crippen molar-refractivity contribution in [1.82, 2.24) is 0 Å². The first-order chi connectivity index (χ1) is 10.8. The zero-order valence-corrected chi connectivity index (χ0v) is 19.9. The van der Waals surface area contributed by atoms with E-state index in [1.165, 1.54) is 19.3 Å². The van der Waals surface area contributed by atoms with Gasteiger partial charge in [0.15, 0.2) is 16.6 Å². The first-order valence-electron chi connectivity index (χ1n) is 9.52. The predicted octanol–water partition coefficient (Wildman–Crippen LogP) is 6.02. The molecule has 0 aromatic carbocycles. The summed E-state index contributed by atoms with van der Waals surface area (Å²) in [5.74, 6) is 2.53. The molecule has 2 fully saturated rings. The molecule has 3 atom stereocenters. The zero-order valence-electron chi connectivity index (χ0n) is 16.9. The van der Waals surface area contributed by atoms with Gasteiger partial charge in [0.25, 0.3) is 0 Å². The van der Waals surface area contributed by atoms with Crippen molar-refractivity contribution in [2.24, 2.45) is 23.2 Å². The molecule has 0 saturated heterocycles. The summed E-state index contributed by atoms with van der Waals surface area (Å²) in [7, 11) is -6.02. The molecule has 0 spiro atoms. The van der Waals surface area contributed by atoms with Gasteiger partial charge in [-0.25, -0.2) is 0 Å². The van der Waals surface area contributed by atoms with Crippen LogP contribution >= 0.6 is 0 Å². The van der Waals surface area contributed by atoms with Crippen LogP contribution in [0.1, 0.15) is 33.1 Å². The van der Waals surface area contributed by atoms with Crippen LogP contribution in [0.5, 0.6) is 0 Å². The summed E-state index contributed by atoms with van der Waals surface area (Å²) in [5.41, 5.74) is 4.54. The first-order valence-corrected chi connectivity index (χ1v) is 18.0. The van der Waals surface area contributed by atoms with Crippen molar-refractivity contribution in [3.8, 4) is 0 Å². The Morgan fingerprint density at radius 2 is 1.46 bits per heavy atom. The van der Waals surface area contributed by atoms with Gasteiger partial charge in [0.05, 0.1) is 0 Å². The second kappa shape index (κ2) is 6.65. The number of hydrogen-bond acceptors (Lipinski definition) is 2. The standard InChI is InChI=1S/C19H38O2Si3/c1-10-22(5,6)20-24(9,21-23(7,8)11-2)15-18-16-12-13-17(14-16)19(18,3)4/h10-11,16-18H,1-2,12-15H2,3-9H3. The fourth-order valence-electron chi connectivity index (χ4n) is 5.10. The lowest BCUT2D eigenvalue weighted by molar-refractivity contribution is 0.129. The monoisotopic (exact) mass is 382 g/mol. The van der Waals surface area contributed by atoms with Crippen molar-refractivity contribution in [2.45, 2.75) is 71.9 Å². The third-order valence-electron chi connectivity index (χ3n) is 6.58. The van der Waals surface area contributed by atoms with Gasteiger partial charge in [0.1, 0.15) is 0 Å². The van der Waals surface area contributed by atoms with Crippen molar-refractivity contribution in [1.29, 1.82) is 0 Å². The maximum absolute atomic E-state index is 6.80. The van der Waals surface area contributed by atoms with Gasteiger partial charge in [-0.05, 0) is 81.2 Å². The molecule has 2 saturated carbocycles. The lowest BCUT2D eigenvalue weighted by Crippen LogP contribution is -2.55. The van der Waals surface area contributed by atoms with Crippen LogP contribution in [-0.4, -0.2) is 25.2 Å². The zero-order chi connectivity index (χ0) is 18.4. The van der Waals surface area contributed by atoms with Crippen LogP contribution in [0.25, 0.3) is 0 Å². The Kier molecular flexibility index (Phi) is 5.64. The molecule has 0 amide bonds. The van der Waals surface area contributed by atoms with Crippen LogP contribution in [0.15, 0.2) is 24.6 Å². The summed E-state index contributed by atoms with van der Waals surface area (Å²) >= 11 is 0. The van der Waals surface area contributed by atoms with E-state index in [-0.39, 0.29) is 0 Å². The maximum atomic E-state index is 6.80. The fraction of sp³-hybridized carbons (Fsp3) is 0.789. The molecule has 2 rings (SSSR count). The average Bonchev–Trinajstić information content (AvgIpc) is 3.00. The van der Waals surface area contributed by atoms with Crippen molar-refractivity contribution in [2.75, 3.05) is 0 Å². The minimum atomic E-state index is -2.27.